The molecule has 0 aliphatic heterocycles. The number of carbonyl (C=O) groups excluding carboxylic acids is 1. The van der Waals surface area contributed by atoms with Crippen molar-refractivity contribution in [2.45, 2.75) is 213 Å². The fourth-order valence-electron chi connectivity index (χ4n) is 6.35. The molecular formula is C43H81NO4. The molecule has 0 radical (unpaired) electrons. The number of phenols is 2. The molecule has 0 bridgehead atoms. The summed E-state index contributed by atoms with van der Waals surface area (Å²) in [4.78, 5) is 14.4. The largest absolute Gasteiger partial charge is 0.508 e. The Labute approximate surface area is 299 Å². The Balaban J connectivity index is 0.00000239. The zero-order valence-corrected chi connectivity index (χ0v) is 32.3. The molecule has 0 atom stereocenters. The van der Waals surface area contributed by atoms with E-state index in [1.54, 1.807) is 6.07 Å². The average molecular weight is 676 g/mol. The van der Waals surface area contributed by atoms with E-state index < -0.39 is 0 Å². The van der Waals surface area contributed by atoms with Crippen molar-refractivity contribution in [2.75, 3.05) is 19.7 Å². The standard InChI is InChI=1S/C37H75NO2.C6H6O2/c1-4-7-9-11-13-15-17-19-21-23-25-27-29-31-33-35-38(37(39)40-6-3)36-34-32-30-28-26-24-22-20-18-16-14-12-10-8-5-2;7-5-2-1-3-6(8)4-5/h4-36H2,1-3H3;1-4,7-8H. The fraction of sp³-hybridized carbons (Fsp3) is 0.837. The van der Waals surface area contributed by atoms with Crippen LogP contribution in [0.1, 0.15) is 213 Å². The van der Waals surface area contributed by atoms with Crippen LogP contribution < -0.4 is 0 Å². The summed E-state index contributed by atoms with van der Waals surface area (Å²) in [5.41, 5.74) is 0. The summed E-state index contributed by atoms with van der Waals surface area (Å²) >= 11 is 0. The molecule has 0 fully saturated rings. The van der Waals surface area contributed by atoms with Gasteiger partial charge in [-0.25, -0.2) is 4.79 Å². The van der Waals surface area contributed by atoms with Gasteiger partial charge < -0.3 is 19.8 Å². The summed E-state index contributed by atoms with van der Waals surface area (Å²) in [7, 11) is 0. The zero-order valence-electron chi connectivity index (χ0n) is 32.3. The Morgan fingerprint density at radius 2 is 0.750 bits per heavy atom. The summed E-state index contributed by atoms with van der Waals surface area (Å²) in [5.74, 6) is 0.176. The first-order chi connectivity index (χ1) is 23.5. The normalized spacial score (nSPS) is 10.9. The van der Waals surface area contributed by atoms with Gasteiger partial charge in [-0.2, -0.15) is 0 Å². The van der Waals surface area contributed by atoms with Crippen molar-refractivity contribution in [1.82, 2.24) is 4.90 Å². The molecule has 282 valence electrons. The first-order valence-electron chi connectivity index (χ1n) is 20.9. The number of hydrogen-bond acceptors (Lipinski definition) is 4. The van der Waals surface area contributed by atoms with E-state index >= 15 is 0 Å². The molecule has 1 rings (SSSR count). The van der Waals surface area contributed by atoms with Gasteiger partial charge in [0.2, 0.25) is 0 Å². The van der Waals surface area contributed by atoms with E-state index in [9.17, 15) is 4.79 Å². The van der Waals surface area contributed by atoms with E-state index in [1.807, 2.05) is 11.8 Å². The Morgan fingerprint density at radius 1 is 0.479 bits per heavy atom. The van der Waals surface area contributed by atoms with Crippen LogP contribution in [-0.4, -0.2) is 40.9 Å². The van der Waals surface area contributed by atoms with E-state index in [1.165, 1.54) is 198 Å². The van der Waals surface area contributed by atoms with E-state index in [-0.39, 0.29) is 17.6 Å². The second kappa shape index (κ2) is 37.9. The molecule has 0 saturated heterocycles. The van der Waals surface area contributed by atoms with Crippen molar-refractivity contribution in [1.29, 1.82) is 0 Å². The molecule has 1 aromatic carbocycles. The van der Waals surface area contributed by atoms with E-state index in [2.05, 4.69) is 13.8 Å². The molecule has 0 unspecified atom stereocenters. The number of phenolic OH excluding ortho intramolecular Hbond substituents is 2. The first kappa shape index (κ1) is 46.1. The zero-order chi connectivity index (χ0) is 35.2. The number of nitrogens with zero attached hydrogens (tertiary/aromatic N) is 1. The smallest absolute Gasteiger partial charge is 0.409 e. The number of rotatable bonds is 33. The molecule has 0 aliphatic carbocycles. The molecule has 0 saturated carbocycles. The third kappa shape index (κ3) is 34.0. The molecule has 1 aromatic rings. The summed E-state index contributed by atoms with van der Waals surface area (Å²) < 4.78 is 5.34. The molecule has 5 heteroatoms. The number of unbranched alkanes of at least 4 members (excludes halogenated alkanes) is 28. The van der Waals surface area contributed by atoms with Crippen LogP contribution in [-0.2, 0) is 4.74 Å². The summed E-state index contributed by atoms with van der Waals surface area (Å²) in [6.45, 7) is 8.72. The third-order valence-corrected chi connectivity index (χ3v) is 9.42. The number of aromatic hydroxyl groups is 2. The van der Waals surface area contributed by atoms with Crippen LogP contribution in [0.5, 0.6) is 11.5 Å². The summed E-state index contributed by atoms with van der Waals surface area (Å²) in [6, 6.07) is 5.85. The van der Waals surface area contributed by atoms with Crippen molar-refractivity contribution >= 4 is 6.09 Å². The Bertz CT molecular complexity index is 735. The predicted molar refractivity (Wildman–Crippen MR) is 208 cm³/mol. The van der Waals surface area contributed by atoms with Crippen molar-refractivity contribution in [3.05, 3.63) is 24.3 Å². The highest BCUT2D eigenvalue weighted by atomic mass is 16.6. The van der Waals surface area contributed by atoms with Crippen LogP contribution >= 0.6 is 0 Å². The van der Waals surface area contributed by atoms with Crippen LogP contribution in [0, 0.1) is 0 Å². The van der Waals surface area contributed by atoms with Gasteiger partial charge in [-0.1, -0.05) is 200 Å². The number of ether oxygens (including phenoxy) is 1. The maximum atomic E-state index is 12.4. The lowest BCUT2D eigenvalue weighted by Gasteiger charge is -2.22. The van der Waals surface area contributed by atoms with E-state index in [0.717, 1.165) is 25.9 Å². The lowest BCUT2D eigenvalue weighted by Crippen LogP contribution is -2.33. The van der Waals surface area contributed by atoms with Gasteiger partial charge in [-0.3, -0.25) is 0 Å². The summed E-state index contributed by atoms with van der Waals surface area (Å²) in [6.07, 6.45) is 41.2. The lowest BCUT2D eigenvalue weighted by atomic mass is 10.0. The van der Waals surface area contributed by atoms with Gasteiger partial charge in [0.1, 0.15) is 11.5 Å². The van der Waals surface area contributed by atoms with Gasteiger partial charge >= 0.3 is 6.09 Å². The highest BCUT2D eigenvalue weighted by Crippen LogP contribution is 2.17. The number of amides is 1. The predicted octanol–water partition coefficient (Wildman–Crippen LogP) is 14.3. The van der Waals surface area contributed by atoms with Gasteiger partial charge in [0.25, 0.3) is 0 Å². The van der Waals surface area contributed by atoms with Crippen LogP contribution in [0.15, 0.2) is 24.3 Å². The van der Waals surface area contributed by atoms with Gasteiger partial charge in [0.05, 0.1) is 6.61 Å². The topological polar surface area (TPSA) is 70.0 Å². The van der Waals surface area contributed by atoms with Crippen molar-refractivity contribution in [3.63, 3.8) is 0 Å². The third-order valence-electron chi connectivity index (χ3n) is 9.42. The number of hydrogen-bond donors (Lipinski definition) is 2. The molecule has 0 spiro atoms. The van der Waals surface area contributed by atoms with Crippen LogP contribution in [0.3, 0.4) is 0 Å². The lowest BCUT2D eigenvalue weighted by molar-refractivity contribution is 0.105. The molecule has 0 aromatic heterocycles. The minimum absolute atomic E-state index is 0.0880. The second-order valence-electron chi connectivity index (χ2n) is 14.1. The highest BCUT2D eigenvalue weighted by molar-refractivity contribution is 5.67. The van der Waals surface area contributed by atoms with Crippen molar-refractivity contribution < 1.29 is 19.7 Å². The second-order valence-corrected chi connectivity index (χ2v) is 14.1. The molecule has 5 nitrogen and oxygen atoms in total. The molecule has 0 aliphatic rings. The maximum absolute atomic E-state index is 12.4. The molecule has 48 heavy (non-hydrogen) atoms. The first-order valence-corrected chi connectivity index (χ1v) is 20.9. The van der Waals surface area contributed by atoms with Gasteiger partial charge in [0, 0.05) is 19.2 Å². The quantitative estimate of drug-likeness (QED) is 0.0727. The monoisotopic (exact) mass is 676 g/mol. The number of carbonyl (C=O) groups is 1. The van der Waals surface area contributed by atoms with Gasteiger partial charge in [0.15, 0.2) is 0 Å². The maximum Gasteiger partial charge on any atom is 0.409 e. The average Bonchev–Trinajstić information content (AvgIpc) is 3.07. The fourth-order valence-corrected chi connectivity index (χ4v) is 6.35. The highest BCUT2D eigenvalue weighted by Gasteiger charge is 2.13. The van der Waals surface area contributed by atoms with Gasteiger partial charge in [-0.15, -0.1) is 0 Å². The Kier molecular flexibility index (Phi) is 36.4. The molecule has 1 amide bonds. The minimum Gasteiger partial charge on any atom is -0.508 e. The SMILES string of the molecule is CCCCCCCCCCCCCCCCCN(CCCCCCCCCCCCCCCCC)C(=O)OCC.Oc1cccc(O)c1. The van der Waals surface area contributed by atoms with E-state index in [4.69, 9.17) is 14.9 Å². The van der Waals surface area contributed by atoms with Crippen LogP contribution in [0.4, 0.5) is 4.79 Å². The van der Waals surface area contributed by atoms with Crippen molar-refractivity contribution in [3.8, 4) is 11.5 Å². The Morgan fingerprint density at radius 3 is 0.979 bits per heavy atom. The van der Waals surface area contributed by atoms with Gasteiger partial charge in [-0.05, 0) is 31.9 Å². The molecule has 2 N–H and O–H groups in total. The molecular weight excluding hydrogens is 594 g/mol. The number of benzene rings is 1. The summed E-state index contributed by atoms with van der Waals surface area (Å²) in [5, 5.41) is 17.3. The molecule has 0 heterocycles. The minimum atomic E-state index is -0.0989. The van der Waals surface area contributed by atoms with Crippen LogP contribution in [0.2, 0.25) is 0 Å². The van der Waals surface area contributed by atoms with Crippen LogP contribution in [0.25, 0.3) is 0 Å². The van der Waals surface area contributed by atoms with E-state index in [0.29, 0.717) is 6.61 Å². The Hall–Kier alpha value is -1.91. The van der Waals surface area contributed by atoms with Crippen molar-refractivity contribution in [2.24, 2.45) is 0 Å².